The van der Waals surface area contributed by atoms with Crippen molar-refractivity contribution in [2.24, 2.45) is 5.73 Å². The summed E-state index contributed by atoms with van der Waals surface area (Å²) in [4.78, 5) is 2.84. The van der Waals surface area contributed by atoms with Gasteiger partial charge in [-0.05, 0) is 32.4 Å². The Balaban J connectivity index is 1.72. The normalized spacial score (nSPS) is 23.0. The molecule has 1 aliphatic heterocycles. The standard InChI is InChI=1S/C16H24N2O2S/c1-12-10-18(11-13(2)20-12)7-4-8-19-15-6-3-5-14(9-15)16(17)21/h3,5-6,9,12-13H,4,7-8,10-11H2,1-2H3,(H2,17,21)/t12-,13+. The summed E-state index contributed by atoms with van der Waals surface area (Å²) >= 11 is 4.97. The van der Waals surface area contributed by atoms with E-state index in [2.05, 4.69) is 18.7 Å². The van der Waals surface area contributed by atoms with Crippen molar-refractivity contribution in [3.8, 4) is 5.75 Å². The molecular formula is C16H24N2O2S. The van der Waals surface area contributed by atoms with Gasteiger partial charge < -0.3 is 15.2 Å². The van der Waals surface area contributed by atoms with Crippen LogP contribution in [0.4, 0.5) is 0 Å². The fourth-order valence-corrected chi connectivity index (χ4v) is 2.81. The monoisotopic (exact) mass is 308 g/mol. The number of thiocarbonyl (C=S) groups is 1. The Bertz CT molecular complexity index is 471. The van der Waals surface area contributed by atoms with Gasteiger partial charge in [0.1, 0.15) is 10.7 Å². The third-order valence-electron chi connectivity index (χ3n) is 3.50. The van der Waals surface area contributed by atoms with Crippen LogP contribution in [0, 0.1) is 0 Å². The molecule has 2 rings (SSSR count). The minimum atomic E-state index is 0.317. The van der Waals surface area contributed by atoms with E-state index in [1.807, 2.05) is 24.3 Å². The van der Waals surface area contributed by atoms with Crippen molar-refractivity contribution in [3.05, 3.63) is 29.8 Å². The van der Waals surface area contributed by atoms with Crippen molar-refractivity contribution in [3.63, 3.8) is 0 Å². The number of hydrogen-bond acceptors (Lipinski definition) is 4. The predicted molar refractivity (Wildman–Crippen MR) is 88.9 cm³/mol. The fraction of sp³-hybridized carbons (Fsp3) is 0.562. The number of hydrogen-bond donors (Lipinski definition) is 1. The fourth-order valence-electron chi connectivity index (χ4n) is 2.68. The largest absolute Gasteiger partial charge is 0.494 e. The average molecular weight is 308 g/mol. The first-order chi connectivity index (χ1) is 10.0. The number of nitrogens with zero attached hydrogens (tertiary/aromatic N) is 1. The highest BCUT2D eigenvalue weighted by Crippen LogP contribution is 2.14. The van der Waals surface area contributed by atoms with Gasteiger partial charge >= 0.3 is 0 Å². The highest BCUT2D eigenvalue weighted by Gasteiger charge is 2.21. The SMILES string of the molecule is C[C@@H]1CN(CCCOc2cccc(C(N)=S)c2)C[C@H](C)O1. The van der Waals surface area contributed by atoms with Gasteiger partial charge in [-0.2, -0.15) is 0 Å². The van der Waals surface area contributed by atoms with Gasteiger partial charge in [0.15, 0.2) is 0 Å². The van der Waals surface area contributed by atoms with Crippen LogP contribution in [0.25, 0.3) is 0 Å². The van der Waals surface area contributed by atoms with Crippen LogP contribution in [-0.2, 0) is 4.74 Å². The van der Waals surface area contributed by atoms with Crippen LogP contribution in [0.3, 0.4) is 0 Å². The third-order valence-corrected chi connectivity index (χ3v) is 3.74. The van der Waals surface area contributed by atoms with Crippen molar-refractivity contribution in [1.29, 1.82) is 0 Å². The highest BCUT2D eigenvalue weighted by atomic mass is 32.1. The molecule has 0 saturated carbocycles. The number of ether oxygens (including phenoxy) is 2. The number of morpholine rings is 1. The van der Waals surface area contributed by atoms with E-state index in [-0.39, 0.29) is 0 Å². The zero-order valence-corrected chi connectivity index (χ0v) is 13.6. The Kier molecular flexibility index (Phi) is 5.96. The molecule has 0 spiro atoms. The first kappa shape index (κ1) is 16.2. The van der Waals surface area contributed by atoms with Crippen molar-refractivity contribution in [1.82, 2.24) is 4.90 Å². The van der Waals surface area contributed by atoms with E-state index < -0.39 is 0 Å². The maximum Gasteiger partial charge on any atom is 0.119 e. The molecule has 2 atom stereocenters. The summed E-state index contributed by atoms with van der Waals surface area (Å²) < 4.78 is 11.5. The molecule has 0 radical (unpaired) electrons. The van der Waals surface area contributed by atoms with Crippen molar-refractivity contribution in [2.75, 3.05) is 26.2 Å². The molecule has 116 valence electrons. The smallest absolute Gasteiger partial charge is 0.119 e. The average Bonchev–Trinajstić information content (AvgIpc) is 2.43. The lowest BCUT2D eigenvalue weighted by molar-refractivity contribution is -0.0686. The van der Waals surface area contributed by atoms with Crippen LogP contribution < -0.4 is 10.5 Å². The van der Waals surface area contributed by atoms with Crippen molar-refractivity contribution >= 4 is 17.2 Å². The summed E-state index contributed by atoms with van der Waals surface area (Å²) in [5, 5.41) is 0. The maximum absolute atomic E-state index is 5.77. The lowest BCUT2D eigenvalue weighted by Gasteiger charge is -2.35. The Labute approximate surface area is 132 Å². The van der Waals surface area contributed by atoms with Crippen LogP contribution in [0.15, 0.2) is 24.3 Å². The first-order valence-corrected chi connectivity index (χ1v) is 7.86. The summed E-state index contributed by atoms with van der Waals surface area (Å²) in [6, 6.07) is 7.63. The van der Waals surface area contributed by atoms with Crippen LogP contribution >= 0.6 is 12.2 Å². The maximum atomic E-state index is 5.77. The quantitative estimate of drug-likeness (QED) is 0.645. The molecule has 5 heteroatoms. The molecule has 0 unspecified atom stereocenters. The van der Waals surface area contributed by atoms with E-state index in [0.717, 1.165) is 37.4 Å². The van der Waals surface area contributed by atoms with E-state index in [9.17, 15) is 0 Å². The zero-order valence-electron chi connectivity index (χ0n) is 12.7. The molecular weight excluding hydrogens is 284 g/mol. The van der Waals surface area contributed by atoms with Crippen LogP contribution in [0.5, 0.6) is 5.75 Å². The van der Waals surface area contributed by atoms with Gasteiger partial charge in [0.2, 0.25) is 0 Å². The minimum Gasteiger partial charge on any atom is -0.494 e. The van der Waals surface area contributed by atoms with Crippen LogP contribution in [-0.4, -0.2) is 48.3 Å². The van der Waals surface area contributed by atoms with Gasteiger partial charge in [0.05, 0.1) is 18.8 Å². The summed E-state index contributed by atoms with van der Waals surface area (Å²) in [5.74, 6) is 0.823. The minimum absolute atomic E-state index is 0.317. The van der Waals surface area contributed by atoms with Crippen LogP contribution in [0.2, 0.25) is 0 Å². The Morgan fingerprint density at radius 3 is 2.76 bits per heavy atom. The molecule has 0 bridgehead atoms. The molecule has 4 nitrogen and oxygen atoms in total. The van der Waals surface area contributed by atoms with Gasteiger partial charge in [0.25, 0.3) is 0 Å². The second-order valence-electron chi connectivity index (χ2n) is 5.61. The number of benzene rings is 1. The third kappa shape index (κ3) is 5.26. The number of rotatable bonds is 6. The molecule has 21 heavy (non-hydrogen) atoms. The van der Waals surface area contributed by atoms with Gasteiger partial charge in [-0.15, -0.1) is 0 Å². The Morgan fingerprint density at radius 1 is 1.38 bits per heavy atom. The second kappa shape index (κ2) is 7.73. The van der Waals surface area contributed by atoms with E-state index in [1.54, 1.807) is 0 Å². The second-order valence-corrected chi connectivity index (χ2v) is 6.05. The summed E-state index contributed by atoms with van der Waals surface area (Å²) in [6.07, 6.45) is 1.63. The molecule has 1 fully saturated rings. The van der Waals surface area contributed by atoms with E-state index in [1.165, 1.54) is 0 Å². The van der Waals surface area contributed by atoms with E-state index in [0.29, 0.717) is 23.8 Å². The molecule has 1 aromatic carbocycles. The lowest BCUT2D eigenvalue weighted by atomic mass is 10.2. The first-order valence-electron chi connectivity index (χ1n) is 7.45. The van der Waals surface area contributed by atoms with Gasteiger partial charge in [-0.25, -0.2) is 0 Å². The summed E-state index contributed by atoms with van der Waals surface area (Å²) in [7, 11) is 0. The lowest BCUT2D eigenvalue weighted by Crippen LogP contribution is -2.45. The molecule has 0 aliphatic carbocycles. The molecule has 1 heterocycles. The highest BCUT2D eigenvalue weighted by molar-refractivity contribution is 7.80. The molecule has 1 saturated heterocycles. The van der Waals surface area contributed by atoms with Crippen molar-refractivity contribution < 1.29 is 9.47 Å². The zero-order chi connectivity index (χ0) is 15.2. The molecule has 0 amide bonds. The van der Waals surface area contributed by atoms with E-state index >= 15 is 0 Å². The Morgan fingerprint density at radius 2 is 2.10 bits per heavy atom. The topological polar surface area (TPSA) is 47.7 Å². The van der Waals surface area contributed by atoms with Crippen molar-refractivity contribution in [2.45, 2.75) is 32.5 Å². The summed E-state index contributed by atoms with van der Waals surface area (Å²) in [6.45, 7) is 7.98. The number of nitrogens with two attached hydrogens (primary N) is 1. The van der Waals surface area contributed by atoms with E-state index in [4.69, 9.17) is 27.4 Å². The molecule has 1 aliphatic rings. The predicted octanol–water partition coefficient (Wildman–Crippen LogP) is 2.20. The molecule has 0 aromatic heterocycles. The summed E-state index contributed by atoms with van der Waals surface area (Å²) in [5.41, 5.74) is 6.46. The molecule has 2 N–H and O–H groups in total. The van der Waals surface area contributed by atoms with Gasteiger partial charge in [0, 0.05) is 25.2 Å². The van der Waals surface area contributed by atoms with Crippen LogP contribution in [0.1, 0.15) is 25.8 Å². The molecule has 1 aromatic rings. The van der Waals surface area contributed by atoms with Gasteiger partial charge in [-0.1, -0.05) is 24.4 Å². The van der Waals surface area contributed by atoms with Gasteiger partial charge in [-0.3, -0.25) is 4.90 Å². The Hall–Kier alpha value is -1.17.